The molecule has 0 atom stereocenters. The summed E-state index contributed by atoms with van der Waals surface area (Å²) in [7, 11) is 1.54. The summed E-state index contributed by atoms with van der Waals surface area (Å²) in [6, 6.07) is 15.0. The SMILES string of the molecule is CCCOc1ccc(N2C(=O)NC(=O)/C(=C\c3cc(Cl)ccc3OCC(=O)Nc3ccc(OC)cc3)C2=O)cc1OCC. The van der Waals surface area contributed by atoms with Crippen molar-refractivity contribution in [2.45, 2.75) is 20.3 Å². The lowest BCUT2D eigenvalue weighted by Gasteiger charge is -2.27. The van der Waals surface area contributed by atoms with Crippen LogP contribution in [0.2, 0.25) is 5.02 Å². The largest absolute Gasteiger partial charge is 0.497 e. The maximum Gasteiger partial charge on any atom is 0.335 e. The first-order valence-corrected chi connectivity index (χ1v) is 13.8. The van der Waals surface area contributed by atoms with Crippen LogP contribution in [-0.2, 0) is 14.4 Å². The van der Waals surface area contributed by atoms with Gasteiger partial charge in [-0.15, -0.1) is 0 Å². The minimum Gasteiger partial charge on any atom is -0.497 e. The lowest BCUT2D eigenvalue weighted by atomic mass is 10.1. The standard InChI is InChI=1S/C31H30ClN3O8/c1-4-14-42-26-13-9-22(17-27(26)41-5-2)35-30(38)24(29(37)34-31(35)39)16-19-15-20(32)6-12-25(19)43-18-28(36)33-21-7-10-23(40-3)11-8-21/h6-13,15-17H,4-5,14,18H2,1-3H3,(H,33,36)(H,34,37,39)/b24-16+. The highest BCUT2D eigenvalue weighted by Crippen LogP contribution is 2.34. The van der Waals surface area contributed by atoms with Crippen LogP contribution in [0.5, 0.6) is 23.0 Å². The van der Waals surface area contributed by atoms with E-state index in [9.17, 15) is 19.2 Å². The molecule has 1 aliphatic heterocycles. The van der Waals surface area contributed by atoms with Gasteiger partial charge in [-0.2, -0.15) is 0 Å². The summed E-state index contributed by atoms with van der Waals surface area (Å²) in [6.45, 7) is 4.16. The van der Waals surface area contributed by atoms with E-state index in [2.05, 4.69) is 10.6 Å². The molecule has 0 radical (unpaired) electrons. The zero-order chi connectivity index (χ0) is 30.9. The second kappa shape index (κ2) is 14.2. The first-order valence-electron chi connectivity index (χ1n) is 13.4. The molecule has 0 saturated carbocycles. The topological polar surface area (TPSA) is 132 Å². The summed E-state index contributed by atoms with van der Waals surface area (Å²) in [5.41, 5.74) is 0.611. The van der Waals surface area contributed by atoms with Crippen LogP contribution in [-0.4, -0.2) is 50.7 Å². The van der Waals surface area contributed by atoms with Gasteiger partial charge in [-0.05, 0) is 74.0 Å². The molecule has 0 aromatic heterocycles. The van der Waals surface area contributed by atoms with Crippen molar-refractivity contribution in [2.75, 3.05) is 37.1 Å². The number of imide groups is 2. The van der Waals surface area contributed by atoms with Gasteiger partial charge in [-0.3, -0.25) is 19.7 Å². The Morgan fingerprint density at radius 3 is 2.37 bits per heavy atom. The monoisotopic (exact) mass is 607 g/mol. The Bertz CT molecular complexity index is 1560. The van der Waals surface area contributed by atoms with Crippen LogP contribution >= 0.6 is 11.6 Å². The summed E-state index contributed by atoms with van der Waals surface area (Å²) < 4.78 is 22.2. The maximum atomic E-state index is 13.5. The normalized spacial score (nSPS) is 13.9. The fourth-order valence-electron chi connectivity index (χ4n) is 4.06. The zero-order valence-corrected chi connectivity index (χ0v) is 24.5. The van der Waals surface area contributed by atoms with Crippen molar-refractivity contribution in [1.29, 1.82) is 0 Å². The van der Waals surface area contributed by atoms with E-state index in [1.54, 1.807) is 44.4 Å². The highest BCUT2D eigenvalue weighted by molar-refractivity contribution is 6.39. The van der Waals surface area contributed by atoms with Gasteiger partial charge in [0, 0.05) is 22.3 Å². The van der Waals surface area contributed by atoms with Crippen molar-refractivity contribution in [3.63, 3.8) is 0 Å². The summed E-state index contributed by atoms with van der Waals surface area (Å²) in [6.07, 6.45) is 2.03. The molecule has 5 amide bonds. The van der Waals surface area contributed by atoms with Crippen LogP contribution in [0.3, 0.4) is 0 Å². The van der Waals surface area contributed by atoms with E-state index in [0.29, 0.717) is 41.2 Å². The molecule has 0 bridgehead atoms. The molecule has 2 N–H and O–H groups in total. The Kier molecular flexibility index (Phi) is 10.2. The van der Waals surface area contributed by atoms with E-state index in [0.717, 1.165) is 11.3 Å². The number of hydrogen-bond donors (Lipinski definition) is 2. The fraction of sp³-hybridized carbons (Fsp3) is 0.226. The average Bonchev–Trinajstić information content (AvgIpc) is 2.99. The predicted molar refractivity (Wildman–Crippen MR) is 161 cm³/mol. The number of rotatable bonds is 12. The second-order valence-corrected chi connectivity index (χ2v) is 9.55. The van der Waals surface area contributed by atoms with Gasteiger partial charge in [0.25, 0.3) is 17.7 Å². The van der Waals surface area contributed by atoms with E-state index in [4.69, 9.17) is 30.5 Å². The predicted octanol–water partition coefficient (Wildman–Crippen LogP) is 5.22. The van der Waals surface area contributed by atoms with E-state index in [1.807, 2.05) is 6.92 Å². The lowest BCUT2D eigenvalue weighted by Crippen LogP contribution is -2.54. The number of methoxy groups -OCH3 is 1. The molecule has 1 saturated heterocycles. The Labute approximate surface area is 253 Å². The third kappa shape index (κ3) is 7.63. The molecular weight excluding hydrogens is 578 g/mol. The maximum absolute atomic E-state index is 13.5. The molecule has 1 heterocycles. The summed E-state index contributed by atoms with van der Waals surface area (Å²) >= 11 is 6.20. The third-order valence-corrected chi connectivity index (χ3v) is 6.29. The van der Waals surface area contributed by atoms with Gasteiger partial charge in [0.05, 0.1) is 26.0 Å². The van der Waals surface area contributed by atoms with Crippen LogP contribution in [0.25, 0.3) is 6.08 Å². The number of halogens is 1. The van der Waals surface area contributed by atoms with Gasteiger partial charge in [0.1, 0.15) is 17.1 Å². The number of anilines is 2. The van der Waals surface area contributed by atoms with Crippen LogP contribution in [0.1, 0.15) is 25.8 Å². The molecule has 224 valence electrons. The van der Waals surface area contributed by atoms with Crippen molar-refractivity contribution < 1.29 is 38.1 Å². The number of hydrogen-bond acceptors (Lipinski definition) is 8. The quantitative estimate of drug-likeness (QED) is 0.212. The molecule has 3 aromatic carbocycles. The summed E-state index contributed by atoms with van der Waals surface area (Å²) in [5.74, 6) is -0.595. The van der Waals surface area contributed by atoms with Crippen molar-refractivity contribution in [1.82, 2.24) is 5.32 Å². The zero-order valence-electron chi connectivity index (χ0n) is 23.8. The van der Waals surface area contributed by atoms with E-state index in [-0.39, 0.29) is 29.2 Å². The van der Waals surface area contributed by atoms with Gasteiger partial charge in [0.2, 0.25) is 0 Å². The van der Waals surface area contributed by atoms with Crippen LogP contribution in [0.4, 0.5) is 16.2 Å². The second-order valence-electron chi connectivity index (χ2n) is 9.12. The number of urea groups is 1. The highest BCUT2D eigenvalue weighted by atomic mass is 35.5. The fourth-order valence-corrected chi connectivity index (χ4v) is 4.24. The Balaban J connectivity index is 1.57. The van der Waals surface area contributed by atoms with Crippen molar-refractivity contribution in [3.8, 4) is 23.0 Å². The number of benzene rings is 3. The van der Waals surface area contributed by atoms with Crippen molar-refractivity contribution in [3.05, 3.63) is 76.8 Å². The number of barbiturate groups is 1. The molecule has 0 spiro atoms. The molecule has 4 rings (SSSR count). The molecule has 1 fully saturated rings. The number of amides is 5. The molecular formula is C31H30ClN3O8. The number of ether oxygens (including phenoxy) is 4. The van der Waals surface area contributed by atoms with Crippen molar-refractivity contribution in [2.24, 2.45) is 0 Å². The van der Waals surface area contributed by atoms with Crippen LogP contribution < -0.4 is 34.5 Å². The van der Waals surface area contributed by atoms with Gasteiger partial charge < -0.3 is 24.3 Å². The lowest BCUT2D eigenvalue weighted by molar-refractivity contribution is -0.122. The molecule has 12 heteroatoms. The highest BCUT2D eigenvalue weighted by Gasteiger charge is 2.37. The van der Waals surface area contributed by atoms with Gasteiger partial charge in [0.15, 0.2) is 18.1 Å². The first kappa shape index (κ1) is 30.9. The Morgan fingerprint density at radius 2 is 1.67 bits per heavy atom. The molecule has 0 aliphatic carbocycles. The Hall–Kier alpha value is -5.03. The van der Waals surface area contributed by atoms with Crippen LogP contribution in [0.15, 0.2) is 66.2 Å². The van der Waals surface area contributed by atoms with Gasteiger partial charge >= 0.3 is 6.03 Å². The minimum atomic E-state index is -0.922. The van der Waals surface area contributed by atoms with Crippen LogP contribution in [0, 0.1) is 0 Å². The number of carbonyl (C=O) groups is 4. The number of nitrogens with zero attached hydrogens (tertiary/aromatic N) is 1. The van der Waals surface area contributed by atoms with E-state index >= 15 is 0 Å². The van der Waals surface area contributed by atoms with Crippen molar-refractivity contribution >= 4 is 52.8 Å². The minimum absolute atomic E-state index is 0.172. The Morgan fingerprint density at radius 1 is 0.930 bits per heavy atom. The van der Waals surface area contributed by atoms with Gasteiger partial charge in [-0.1, -0.05) is 18.5 Å². The molecule has 0 unspecified atom stereocenters. The smallest absolute Gasteiger partial charge is 0.335 e. The van der Waals surface area contributed by atoms with E-state index < -0.39 is 23.8 Å². The average molecular weight is 608 g/mol. The third-order valence-electron chi connectivity index (χ3n) is 6.05. The summed E-state index contributed by atoms with van der Waals surface area (Å²) in [4.78, 5) is 52.5. The molecule has 3 aromatic rings. The van der Waals surface area contributed by atoms with E-state index in [1.165, 1.54) is 36.4 Å². The number of carbonyl (C=O) groups excluding carboxylic acids is 4. The molecule has 1 aliphatic rings. The molecule has 11 nitrogen and oxygen atoms in total. The summed E-state index contributed by atoms with van der Waals surface area (Å²) in [5, 5.41) is 5.19. The first-order chi connectivity index (χ1) is 20.7. The van der Waals surface area contributed by atoms with Gasteiger partial charge in [-0.25, -0.2) is 9.69 Å². The molecule has 43 heavy (non-hydrogen) atoms. The number of nitrogens with one attached hydrogen (secondary N) is 2.